The van der Waals surface area contributed by atoms with Crippen LogP contribution in [0.5, 0.6) is 0 Å². The van der Waals surface area contributed by atoms with E-state index in [2.05, 4.69) is 15.5 Å². The average Bonchev–Trinajstić information content (AvgIpc) is 3.52. The summed E-state index contributed by atoms with van der Waals surface area (Å²) in [5, 5.41) is 16.2. The summed E-state index contributed by atoms with van der Waals surface area (Å²) in [5.41, 5.74) is 8.20. The minimum Gasteiger partial charge on any atom is -0.375 e. The molecule has 0 spiro atoms. The molecule has 4 rings (SSSR count). The fourth-order valence-electron chi connectivity index (χ4n) is 4.08. The highest BCUT2D eigenvalue weighted by atomic mass is 35.5. The number of hydrogen-bond donors (Lipinski definition) is 4. The Morgan fingerprint density at radius 3 is 2.82 bits per heavy atom. The van der Waals surface area contributed by atoms with E-state index in [4.69, 9.17) is 26.8 Å². The van der Waals surface area contributed by atoms with E-state index in [1.54, 1.807) is 23.1 Å². The summed E-state index contributed by atoms with van der Waals surface area (Å²) in [6.07, 6.45) is -0.736. The van der Waals surface area contributed by atoms with E-state index in [9.17, 15) is 14.7 Å². The van der Waals surface area contributed by atoms with E-state index >= 15 is 0 Å². The molecule has 2 aliphatic heterocycles. The molecule has 2 amide bonds. The molecule has 12 heteroatoms. The lowest BCUT2D eigenvalue weighted by Crippen LogP contribution is -2.34. The zero-order chi connectivity index (χ0) is 24.2. The third kappa shape index (κ3) is 5.80. The Morgan fingerprint density at radius 1 is 1.32 bits per heavy atom. The van der Waals surface area contributed by atoms with Crippen LogP contribution in [0.4, 0.5) is 17.1 Å². The van der Waals surface area contributed by atoms with Crippen LogP contribution in [0.25, 0.3) is 0 Å². The summed E-state index contributed by atoms with van der Waals surface area (Å²) in [6, 6.07) is 8.98. The van der Waals surface area contributed by atoms with Crippen LogP contribution < -0.4 is 26.2 Å². The minimum absolute atomic E-state index is 0.0736. The Bertz CT molecular complexity index is 1040. The molecule has 3 atom stereocenters. The first-order chi connectivity index (χ1) is 16.3. The van der Waals surface area contributed by atoms with Crippen molar-refractivity contribution in [1.82, 2.24) is 5.32 Å². The topological polar surface area (TPSA) is 129 Å². The molecule has 184 valence electrons. The fraction of sp³-hybridized carbons (Fsp3) is 0.455. The number of nitrogens with one attached hydrogen (secondary N) is 2. The predicted octanol–water partition coefficient (Wildman–Crippen LogP) is 1.43. The number of carbonyl (C=O) groups is 2. The number of anilines is 3. The number of hydrogen-bond acceptors (Lipinski definition) is 9. The summed E-state index contributed by atoms with van der Waals surface area (Å²) in [7, 11) is 1.46. The van der Waals surface area contributed by atoms with Gasteiger partial charge in [-0.2, -0.15) is 0 Å². The van der Waals surface area contributed by atoms with Crippen LogP contribution >= 0.6 is 22.9 Å². The van der Waals surface area contributed by atoms with Gasteiger partial charge in [0, 0.05) is 38.5 Å². The van der Waals surface area contributed by atoms with Crippen molar-refractivity contribution < 1.29 is 24.2 Å². The number of aliphatic hydroxyl groups is 1. The standard InChI is InChI=1S/C22H28ClN5O5S/c1-32-12-20(29)26-16-8-14(2-3-17(16)27-7-6-13(24)10-27)28-11-15(33-22(28)31)9-25-21(30)18-4-5-19(23)34-18/h2-5,8,13,15,22,31H,6-7,9-12,24H2,1H3,(H,25,30)(H,26,29). The summed E-state index contributed by atoms with van der Waals surface area (Å²) < 4.78 is 11.1. The van der Waals surface area contributed by atoms with Crippen molar-refractivity contribution in [3.63, 3.8) is 0 Å². The van der Waals surface area contributed by atoms with Crippen LogP contribution in [0.1, 0.15) is 16.1 Å². The maximum atomic E-state index is 12.3. The molecule has 2 aromatic rings. The largest absolute Gasteiger partial charge is 0.375 e. The van der Waals surface area contributed by atoms with Crippen molar-refractivity contribution in [3.8, 4) is 0 Å². The second-order valence-electron chi connectivity index (χ2n) is 8.23. The van der Waals surface area contributed by atoms with Gasteiger partial charge in [0.25, 0.3) is 5.91 Å². The Hall–Kier alpha value is -2.41. The first-order valence-electron chi connectivity index (χ1n) is 10.9. The Labute approximate surface area is 206 Å². The number of carbonyl (C=O) groups excluding carboxylic acids is 2. The third-order valence-electron chi connectivity index (χ3n) is 5.70. The van der Waals surface area contributed by atoms with Crippen LogP contribution in [0.15, 0.2) is 30.3 Å². The van der Waals surface area contributed by atoms with Crippen molar-refractivity contribution in [2.24, 2.45) is 5.73 Å². The average molecular weight is 510 g/mol. The van der Waals surface area contributed by atoms with Gasteiger partial charge in [0.2, 0.25) is 12.3 Å². The van der Waals surface area contributed by atoms with Crippen LogP contribution in [-0.2, 0) is 14.3 Å². The number of methoxy groups -OCH3 is 1. The van der Waals surface area contributed by atoms with Gasteiger partial charge in [-0.15, -0.1) is 11.3 Å². The van der Waals surface area contributed by atoms with E-state index in [1.165, 1.54) is 18.4 Å². The summed E-state index contributed by atoms with van der Waals surface area (Å²) >= 11 is 7.09. The molecule has 2 fully saturated rings. The van der Waals surface area contributed by atoms with E-state index in [1.807, 2.05) is 12.1 Å². The van der Waals surface area contributed by atoms with Gasteiger partial charge in [0.1, 0.15) is 6.61 Å². The second kappa shape index (κ2) is 10.9. The van der Waals surface area contributed by atoms with Crippen molar-refractivity contribution in [1.29, 1.82) is 0 Å². The van der Waals surface area contributed by atoms with E-state index in [0.29, 0.717) is 33.7 Å². The van der Waals surface area contributed by atoms with E-state index < -0.39 is 12.5 Å². The van der Waals surface area contributed by atoms with Crippen LogP contribution in [0, 0.1) is 0 Å². The zero-order valence-electron chi connectivity index (χ0n) is 18.7. The van der Waals surface area contributed by atoms with Crippen LogP contribution in [-0.4, -0.2) is 75.4 Å². The van der Waals surface area contributed by atoms with Gasteiger partial charge in [-0.1, -0.05) is 11.6 Å². The molecule has 0 saturated carbocycles. The molecule has 2 aliphatic rings. The molecule has 3 unspecified atom stereocenters. The van der Waals surface area contributed by atoms with Gasteiger partial charge in [0.05, 0.1) is 33.2 Å². The summed E-state index contributed by atoms with van der Waals surface area (Å²) in [6.45, 7) is 1.99. The number of nitrogens with zero attached hydrogens (tertiary/aromatic N) is 2. The van der Waals surface area contributed by atoms with Gasteiger partial charge in [-0.3, -0.25) is 9.59 Å². The highest BCUT2D eigenvalue weighted by Crippen LogP contribution is 2.34. The minimum atomic E-state index is -1.19. The van der Waals surface area contributed by atoms with Gasteiger partial charge >= 0.3 is 0 Å². The maximum Gasteiger partial charge on any atom is 0.261 e. The summed E-state index contributed by atoms with van der Waals surface area (Å²) in [5.74, 6) is -0.526. The molecule has 3 heterocycles. The number of ether oxygens (including phenoxy) is 2. The number of aliphatic hydroxyl groups excluding tert-OH is 1. The van der Waals surface area contributed by atoms with Crippen molar-refractivity contribution >= 4 is 51.8 Å². The van der Waals surface area contributed by atoms with Crippen LogP contribution in [0.2, 0.25) is 4.34 Å². The number of amides is 2. The molecule has 0 aliphatic carbocycles. The van der Waals surface area contributed by atoms with Gasteiger partial charge in [-0.05, 0) is 36.8 Å². The van der Waals surface area contributed by atoms with Crippen molar-refractivity contribution in [3.05, 3.63) is 39.5 Å². The molecule has 5 N–H and O–H groups in total. The lowest BCUT2D eigenvalue weighted by molar-refractivity contribution is -0.119. The molecule has 0 bridgehead atoms. The van der Waals surface area contributed by atoms with Crippen molar-refractivity contribution in [2.75, 3.05) is 55.0 Å². The molecule has 2 saturated heterocycles. The van der Waals surface area contributed by atoms with E-state index in [-0.39, 0.29) is 31.0 Å². The highest BCUT2D eigenvalue weighted by molar-refractivity contribution is 7.18. The monoisotopic (exact) mass is 509 g/mol. The lowest BCUT2D eigenvalue weighted by atomic mass is 10.2. The normalized spacial score (nSPS) is 22.3. The zero-order valence-corrected chi connectivity index (χ0v) is 20.3. The predicted molar refractivity (Wildman–Crippen MR) is 132 cm³/mol. The van der Waals surface area contributed by atoms with Crippen LogP contribution in [0.3, 0.4) is 0 Å². The molecule has 1 aromatic carbocycles. The Balaban J connectivity index is 1.45. The molecular formula is C22H28ClN5O5S. The fourth-order valence-corrected chi connectivity index (χ4v) is 5.04. The number of halogens is 1. The van der Waals surface area contributed by atoms with E-state index in [0.717, 1.165) is 18.7 Å². The van der Waals surface area contributed by atoms with Crippen molar-refractivity contribution in [2.45, 2.75) is 25.0 Å². The molecule has 0 radical (unpaired) electrons. The number of nitrogens with two attached hydrogens (primary N) is 1. The molecular weight excluding hydrogens is 482 g/mol. The second-order valence-corrected chi connectivity index (χ2v) is 9.94. The number of benzene rings is 1. The van der Waals surface area contributed by atoms with Gasteiger partial charge < -0.3 is 40.7 Å². The highest BCUT2D eigenvalue weighted by Gasteiger charge is 2.33. The first kappa shape index (κ1) is 24.7. The lowest BCUT2D eigenvalue weighted by Gasteiger charge is -2.26. The Morgan fingerprint density at radius 2 is 2.15 bits per heavy atom. The Kier molecular flexibility index (Phi) is 7.91. The quantitative estimate of drug-likeness (QED) is 0.420. The molecule has 10 nitrogen and oxygen atoms in total. The first-order valence-corrected chi connectivity index (χ1v) is 12.1. The SMILES string of the molecule is COCC(=O)Nc1cc(N2CC(CNC(=O)c3ccc(Cl)s3)OC2O)ccc1N1CCC(N)C1. The summed E-state index contributed by atoms with van der Waals surface area (Å²) in [4.78, 5) is 28.8. The number of thiophene rings is 1. The molecule has 34 heavy (non-hydrogen) atoms. The maximum absolute atomic E-state index is 12.3. The third-order valence-corrected chi connectivity index (χ3v) is 6.93. The van der Waals surface area contributed by atoms with Gasteiger partial charge in [-0.25, -0.2) is 0 Å². The smallest absolute Gasteiger partial charge is 0.261 e. The molecule has 1 aromatic heterocycles. The van der Waals surface area contributed by atoms with Gasteiger partial charge in [0.15, 0.2) is 0 Å². The number of rotatable bonds is 8.